The van der Waals surface area contributed by atoms with Gasteiger partial charge in [0.1, 0.15) is 17.3 Å². The van der Waals surface area contributed by atoms with Gasteiger partial charge in [-0.1, -0.05) is 84.0 Å². The van der Waals surface area contributed by atoms with E-state index in [1.165, 1.54) is 39.0 Å². The minimum Gasteiger partial charge on any atom is -0.457 e. The molecule has 7 rings (SSSR count). The fourth-order valence-corrected chi connectivity index (χ4v) is 6.74. The second-order valence-corrected chi connectivity index (χ2v) is 14.7. The van der Waals surface area contributed by atoms with Gasteiger partial charge in [0.25, 0.3) is 0 Å². The monoisotopic (exact) mass is 620 g/mol. The Morgan fingerprint density at radius 3 is 2.11 bits per heavy atom. The molecule has 0 saturated carbocycles. The summed E-state index contributed by atoms with van der Waals surface area (Å²) in [6, 6.07) is 36.4. The quantitative estimate of drug-likeness (QED) is 0.192. The molecule has 1 aliphatic heterocycles. The van der Waals surface area contributed by atoms with Gasteiger partial charge in [-0.3, -0.25) is 4.57 Å². The zero-order valence-electron chi connectivity index (χ0n) is 28.8. The maximum Gasteiger partial charge on any atom is 0.137 e. The third-order valence-corrected chi connectivity index (χ3v) is 9.47. The number of benzene rings is 4. The molecule has 0 fully saturated rings. The van der Waals surface area contributed by atoms with E-state index in [4.69, 9.17) is 9.72 Å². The fourth-order valence-electron chi connectivity index (χ4n) is 6.74. The van der Waals surface area contributed by atoms with Crippen LogP contribution in [0.1, 0.15) is 66.5 Å². The Labute approximate surface area is 278 Å². The first kappa shape index (κ1) is 30.6. The van der Waals surface area contributed by atoms with Crippen LogP contribution in [-0.2, 0) is 10.8 Å². The molecule has 0 saturated heterocycles. The summed E-state index contributed by atoms with van der Waals surface area (Å²) >= 11 is 0. The molecular weight excluding hydrogens is 576 g/mol. The van der Waals surface area contributed by atoms with Crippen LogP contribution in [0.15, 0.2) is 121 Å². The molecule has 1 aliphatic rings. The molecule has 47 heavy (non-hydrogen) atoms. The number of nitrogens with zero attached hydrogens (tertiary/aromatic N) is 4. The Morgan fingerprint density at radius 1 is 0.617 bits per heavy atom. The van der Waals surface area contributed by atoms with E-state index >= 15 is 0 Å². The zero-order valence-corrected chi connectivity index (χ0v) is 28.8. The smallest absolute Gasteiger partial charge is 0.137 e. The standard InChI is InChI=1S/C42H44N4O/c1-28-29(2)45(38-19-12-10-17-36(38)42(6,7)8)27-44(28)31-14-13-15-32(25-31)47-33-20-21-35-34-16-9-11-18-37(34)46(39(35)26-33)40-24-30(22-23-43-40)41(3,4)5/h9-26H,27H2,1-8H3. The van der Waals surface area contributed by atoms with Crippen molar-refractivity contribution in [2.24, 2.45) is 0 Å². The largest absolute Gasteiger partial charge is 0.457 e. The molecular formula is C42H44N4O. The van der Waals surface area contributed by atoms with Crippen molar-refractivity contribution in [2.75, 3.05) is 16.5 Å². The van der Waals surface area contributed by atoms with Crippen molar-refractivity contribution in [3.63, 3.8) is 0 Å². The summed E-state index contributed by atoms with van der Waals surface area (Å²) in [6.07, 6.45) is 1.92. The Balaban J connectivity index is 1.23. The molecule has 0 spiro atoms. The number of hydrogen-bond donors (Lipinski definition) is 0. The lowest BCUT2D eigenvalue weighted by atomic mass is 9.85. The molecule has 0 N–H and O–H groups in total. The van der Waals surface area contributed by atoms with Crippen molar-refractivity contribution < 1.29 is 4.74 Å². The van der Waals surface area contributed by atoms with E-state index in [-0.39, 0.29) is 10.8 Å². The summed E-state index contributed by atoms with van der Waals surface area (Å²) in [5.74, 6) is 2.50. The molecule has 6 aromatic rings. The first-order valence-electron chi connectivity index (χ1n) is 16.5. The first-order valence-corrected chi connectivity index (χ1v) is 16.5. The average molecular weight is 621 g/mol. The molecule has 5 heteroatoms. The van der Waals surface area contributed by atoms with Crippen molar-refractivity contribution in [2.45, 2.75) is 66.2 Å². The summed E-state index contributed by atoms with van der Waals surface area (Å²) in [4.78, 5) is 9.63. The normalized spacial score (nSPS) is 14.1. The Morgan fingerprint density at radius 2 is 1.32 bits per heavy atom. The third kappa shape index (κ3) is 5.54. The highest BCUT2D eigenvalue weighted by atomic mass is 16.5. The zero-order chi connectivity index (χ0) is 33.1. The Hall–Kier alpha value is -5.03. The summed E-state index contributed by atoms with van der Waals surface area (Å²) in [6.45, 7) is 18.7. The maximum atomic E-state index is 6.60. The van der Waals surface area contributed by atoms with Gasteiger partial charge in [-0.15, -0.1) is 0 Å². The molecule has 2 aromatic heterocycles. The van der Waals surface area contributed by atoms with E-state index in [0.29, 0.717) is 0 Å². The lowest BCUT2D eigenvalue weighted by Gasteiger charge is -2.30. The van der Waals surface area contributed by atoms with Crippen molar-refractivity contribution >= 4 is 33.2 Å². The maximum absolute atomic E-state index is 6.60. The summed E-state index contributed by atoms with van der Waals surface area (Å²) in [5, 5.41) is 2.37. The molecule has 3 heterocycles. The van der Waals surface area contributed by atoms with E-state index in [0.717, 1.165) is 40.7 Å². The van der Waals surface area contributed by atoms with Gasteiger partial charge in [0, 0.05) is 51.9 Å². The number of hydrogen-bond acceptors (Lipinski definition) is 4. The molecule has 0 radical (unpaired) electrons. The number of fused-ring (bicyclic) bond motifs is 3. The van der Waals surface area contributed by atoms with Crippen LogP contribution in [0.5, 0.6) is 11.5 Å². The lowest BCUT2D eigenvalue weighted by molar-refractivity contribution is 0.483. The topological polar surface area (TPSA) is 33.5 Å². The number of ether oxygens (including phenoxy) is 1. The van der Waals surface area contributed by atoms with Crippen LogP contribution >= 0.6 is 0 Å². The molecule has 0 unspecified atom stereocenters. The highest BCUT2D eigenvalue weighted by Gasteiger charge is 2.29. The number of anilines is 2. The van der Waals surface area contributed by atoms with Crippen LogP contribution in [0.2, 0.25) is 0 Å². The molecule has 4 aromatic carbocycles. The number of allylic oxidation sites excluding steroid dienone is 2. The molecule has 0 amide bonds. The van der Waals surface area contributed by atoms with Crippen molar-refractivity contribution in [3.05, 3.63) is 132 Å². The minimum absolute atomic E-state index is 0.0180. The van der Waals surface area contributed by atoms with Crippen LogP contribution in [0.25, 0.3) is 27.6 Å². The molecule has 238 valence electrons. The van der Waals surface area contributed by atoms with Crippen LogP contribution in [0.3, 0.4) is 0 Å². The summed E-state index contributed by atoms with van der Waals surface area (Å²) in [7, 11) is 0. The molecule has 0 atom stereocenters. The van der Waals surface area contributed by atoms with Crippen molar-refractivity contribution in [1.29, 1.82) is 0 Å². The third-order valence-electron chi connectivity index (χ3n) is 9.47. The second kappa shape index (κ2) is 11.3. The van der Waals surface area contributed by atoms with Gasteiger partial charge in [0.05, 0.1) is 17.7 Å². The van der Waals surface area contributed by atoms with E-state index in [1.54, 1.807) is 0 Å². The van der Waals surface area contributed by atoms with Crippen LogP contribution in [0, 0.1) is 0 Å². The predicted molar refractivity (Wildman–Crippen MR) is 197 cm³/mol. The Bertz CT molecular complexity index is 2160. The van der Waals surface area contributed by atoms with Crippen LogP contribution in [-0.4, -0.2) is 16.2 Å². The van der Waals surface area contributed by atoms with E-state index < -0.39 is 0 Å². The van der Waals surface area contributed by atoms with E-state index in [9.17, 15) is 0 Å². The van der Waals surface area contributed by atoms with Gasteiger partial charge in [-0.05, 0) is 84.3 Å². The number of pyridine rings is 1. The number of aromatic nitrogens is 2. The number of para-hydroxylation sites is 2. The average Bonchev–Trinajstić information content (AvgIpc) is 3.53. The molecule has 0 bridgehead atoms. The van der Waals surface area contributed by atoms with Gasteiger partial charge in [0.2, 0.25) is 0 Å². The van der Waals surface area contributed by atoms with Gasteiger partial charge in [0.15, 0.2) is 0 Å². The fraction of sp³-hybridized carbons (Fsp3) is 0.262. The van der Waals surface area contributed by atoms with Crippen molar-refractivity contribution in [3.8, 4) is 17.3 Å². The molecule has 5 nitrogen and oxygen atoms in total. The lowest BCUT2D eigenvalue weighted by Crippen LogP contribution is -2.29. The highest BCUT2D eigenvalue weighted by Crippen LogP contribution is 2.40. The van der Waals surface area contributed by atoms with Gasteiger partial charge in [-0.25, -0.2) is 4.98 Å². The van der Waals surface area contributed by atoms with Gasteiger partial charge >= 0.3 is 0 Å². The van der Waals surface area contributed by atoms with E-state index in [1.807, 2.05) is 12.3 Å². The van der Waals surface area contributed by atoms with Gasteiger partial charge < -0.3 is 14.5 Å². The molecule has 0 aliphatic carbocycles. The van der Waals surface area contributed by atoms with Gasteiger partial charge in [-0.2, -0.15) is 0 Å². The predicted octanol–water partition coefficient (Wildman–Crippen LogP) is 11.1. The van der Waals surface area contributed by atoms with Crippen molar-refractivity contribution in [1.82, 2.24) is 9.55 Å². The van der Waals surface area contributed by atoms with Crippen LogP contribution < -0.4 is 14.5 Å². The second-order valence-electron chi connectivity index (χ2n) is 14.7. The minimum atomic E-state index is 0.0180. The first-order chi connectivity index (χ1) is 22.4. The SMILES string of the molecule is CC1=C(C)N(c2ccccc2C(C)(C)C)CN1c1cccc(Oc2ccc3c4ccccc4n(-c4cc(C(C)(C)C)ccn4)c3c2)c1. The highest BCUT2D eigenvalue weighted by molar-refractivity contribution is 6.09. The van der Waals surface area contributed by atoms with Crippen LogP contribution in [0.4, 0.5) is 11.4 Å². The van der Waals surface area contributed by atoms with E-state index in [2.05, 4.69) is 167 Å². The number of rotatable bonds is 5. The summed E-state index contributed by atoms with van der Waals surface area (Å²) < 4.78 is 8.86. The Kier molecular flexibility index (Phi) is 7.39. The summed E-state index contributed by atoms with van der Waals surface area (Å²) in [5.41, 5.74) is 9.72.